The molecule has 0 bridgehead atoms. The molecule has 0 atom stereocenters. The molecule has 1 aliphatic rings. The maximum atomic E-state index is 12.0. The van der Waals surface area contributed by atoms with Crippen molar-refractivity contribution in [3.63, 3.8) is 0 Å². The van der Waals surface area contributed by atoms with E-state index < -0.39 is 5.97 Å². The Labute approximate surface area is 147 Å². The van der Waals surface area contributed by atoms with Crippen molar-refractivity contribution in [2.24, 2.45) is 4.99 Å². The normalized spacial score (nSPS) is 15.6. The van der Waals surface area contributed by atoms with E-state index >= 15 is 0 Å². The van der Waals surface area contributed by atoms with E-state index in [1.54, 1.807) is 19.4 Å². The first kappa shape index (κ1) is 17.0. The lowest BCUT2D eigenvalue weighted by Crippen LogP contribution is -2.04. The molecule has 1 aromatic heterocycles. The molecule has 0 radical (unpaired) electrons. The van der Waals surface area contributed by atoms with E-state index in [0.717, 1.165) is 22.6 Å². The summed E-state index contributed by atoms with van der Waals surface area (Å²) in [5, 5.41) is 0. The molecule has 1 aromatic carbocycles. The lowest BCUT2D eigenvalue weighted by Gasteiger charge is -2.12. The van der Waals surface area contributed by atoms with Crippen LogP contribution in [0.25, 0.3) is 6.08 Å². The Morgan fingerprint density at radius 1 is 1.24 bits per heavy atom. The first-order valence-electron chi connectivity index (χ1n) is 8.28. The fourth-order valence-electron chi connectivity index (χ4n) is 2.70. The average Bonchev–Trinajstić information content (AvgIpc) is 3.23. The van der Waals surface area contributed by atoms with Gasteiger partial charge < -0.3 is 13.9 Å². The summed E-state index contributed by atoms with van der Waals surface area (Å²) >= 11 is 0. The SMILES string of the molecule is COc1ccc(/C=C2/N=C(CCc3ccco3)OC2=O)cc1C(C)C. The molecule has 0 amide bonds. The predicted octanol–water partition coefficient (Wildman–Crippen LogP) is 4.34. The van der Waals surface area contributed by atoms with Gasteiger partial charge in [-0.25, -0.2) is 9.79 Å². The number of benzene rings is 1. The molecule has 0 aliphatic carbocycles. The zero-order valence-electron chi connectivity index (χ0n) is 14.6. The van der Waals surface area contributed by atoms with Crippen LogP contribution in [0.1, 0.15) is 43.1 Å². The van der Waals surface area contributed by atoms with Gasteiger partial charge in [0.2, 0.25) is 0 Å². The van der Waals surface area contributed by atoms with Gasteiger partial charge in [0.15, 0.2) is 11.6 Å². The molecule has 0 N–H and O–H groups in total. The van der Waals surface area contributed by atoms with Gasteiger partial charge in [0.05, 0.1) is 13.4 Å². The molecule has 25 heavy (non-hydrogen) atoms. The van der Waals surface area contributed by atoms with Crippen molar-refractivity contribution in [2.75, 3.05) is 7.11 Å². The van der Waals surface area contributed by atoms with Crippen LogP contribution in [0.4, 0.5) is 0 Å². The van der Waals surface area contributed by atoms with Crippen molar-refractivity contribution in [1.82, 2.24) is 0 Å². The largest absolute Gasteiger partial charge is 0.496 e. The molecule has 1 aliphatic heterocycles. The van der Waals surface area contributed by atoms with Crippen molar-refractivity contribution in [3.05, 3.63) is 59.2 Å². The average molecular weight is 339 g/mol. The first-order chi connectivity index (χ1) is 12.1. The minimum atomic E-state index is -0.420. The van der Waals surface area contributed by atoms with Gasteiger partial charge in [-0.05, 0) is 47.4 Å². The second-order valence-corrected chi connectivity index (χ2v) is 6.16. The zero-order valence-corrected chi connectivity index (χ0v) is 14.6. The van der Waals surface area contributed by atoms with Crippen molar-refractivity contribution in [1.29, 1.82) is 0 Å². The number of furan rings is 1. The van der Waals surface area contributed by atoms with Crippen LogP contribution in [0.5, 0.6) is 5.75 Å². The monoisotopic (exact) mass is 339 g/mol. The fourth-order valence-corrected chi connectivity index (χ4v) is 2.70. The summed E-state index contributed by atoms with van der Waals surface area (Å²) in [7, 11) is 1.66. The number of esters is 1. The Hall–Kier alpha value is -2.82. The van der Waals surface area contributed by atoms with Crippen LogP contribution in [0, 0.1) is 0 Å². The van der Waals surface area contributed by atoms with Gasteiger partial charge in [0.25, 0.3) is 0 Å². The van der Waals surface area contributed by atoms with Gasteiger partial charge in [-0.1, -0.05) is 19.9 Å². The van der Waals surface area contributed by atoms with E-state index in [9.17, 15) is 4.79 Å². The summed E-state index contributed by atoms with van der Waals surface area (Å²) in [6.07, 6.45) is 4.54. The van der Waals surface area contributed by atoms with E-state index in [-0.39, 0.29) is 0 Å². The maximum absolute atomic E-state index is 12.0. The van der Waals surface area contributed by atoms with Crippen LogP contribution in [-0.2, 0) is 16.0 Å². The van der Waals surface area contributed by atoms with Crippen LogP contribution in [-0.4, -0.2) is 19.0 Å². The van der Waals surface area contributed by atoms with E-state index in [0.29, 0.717) is 30.4 Å². The molecule has 2 aromatic rings. The Balaban J connectivity index is 1.78. The van der Waals surface area contributed by atoms with Crippen LogP contribution < -0.4 is 4.74 Å². The van der Waals surface area contributed by atoms with E-state index in [1.807, 2.05) is 30.3 Å². The number of ether oxygens (including phenoxy) is 2. The minimum Gasteiger partial charge on any atom is -0.496 e. The lowest BCUT2D eigenvalue weighted by molar-refractivity contribution is -0.130. The second-order valence-electron chi connectivity index (χ2n) is 6.16. The Kier molecular flexibility index (Phi) is 5.03. The molecule has 0 saturated heterocycles. The molecule has 0 unspecified atom stereocenters. The lowest BCUT2D eigenvalue weighted by atomic mass is 9.99. The highest BCUT2D eigenvalue weighted by Crippen LogP contribution is 2.28. The third-order valence-corrected chi connectivity index (χ3v) is 4.01. The zero-order chi connectivity index (χ0) is 17.8. The Morgan fingerprint density at radius 3 is 2.76 bits per heavy atom. The molecule has 0 fully saturated rings. The van der Waals surface area contributed by atoms with Gasteiger partial charge in [-0.3, -0.25) is 0 Å². The topological polar surface area (TPSA) is 61.0 Å². The summed E-state index contributed by atoms with van der Waals surface area (Å²) in [6, 6.07) is 9.54. The van der Waals surface area contributed by atoms with Crippen molar-refractivity contribution in [2.45, 2.75) is 32.6 Å². The summed E-state index contributed by atoms with van der Waals surface area (Å²) in [5.41, 5.74) is 2.30. The molecule has 2 heterocycles. The number of aryl methyl sites for hydroxylation is 1. The molecule has 0 spiro atoms. The number of cyclic esters (lactones) is 1. The third-order valence-electron chi connectivity index (χ3n) is 4.01. The number of rotatable bonds is 6. The van der Waals surface area contributed by atoms with Gasteiger partial charge in [0, 0.05) is 12.8 Å². The fraction of sp³-hybridized carbons (Fsp3) is 0.300. The predicted molar refractivity (Wildman–Crippen MR) is 95.6 cm³/mol. The highest BCUT2D eigenvalue weighted by Gasteiger charge is 2.23. The van der Waals surface area contributed by atoms with Gasteiger partial charge in [-0.15, -0.1) is 0 Å². The van der Waals surface area contributed by atoms with Crippen LogP contribution >= 0.6 is 0 Å². The van der Waals surface area contributed by atoms with E-state index in [1.165, 1.54) is 0 Å². The smallest absolute Gasteiger partial charge is 0.363 e. The van der Waals surface area contributed by atoms with E-state index in [4.69, 9.17) is 13.9 Å². The number of nitrogens with zero attached hydrogens (tertiary/aromatic N) is 1. The highest BCUT2D eigenvalue weighted by atomic mass is 16.6. The van der Waals surface area contributed by atoms with Crippen LogP contribution in [0.3, 0.4) is 0 Å². The molecule has 0 saturated carbocycles. The first-order valence-corrected chi connectivity index (χ1v) is 8.28. The number of hydrogen-bond donors (Lipinski definition) is 0. The number of carbonyl (C=O) groups excluding carboxylic acids is 1. The molecular weight excluding hydrogens is 318 g/mol. The van der Waals surface area contributed by atoms with Gasteiger partial charge in [-0.2, -0.15) is 0 Å². The van der Waals surface area contributed by atoms with Gasteiger partial charge >= 0.3 is 5.97 Å². The number of carbonyl (C=O) groups is 1. The standard InChI is InChI=1S/C20H21NO4/c1-13(2)16-11-14(6-8-18(16)23-3)12-17-20(22)25-19(21-17)9-7-15-5-4-10-24-15/h4-6,8,10-13H,7,9H2,1-3H3/b17-12+. The van der Waals surface area contributed by atoms with Gasteiger partial charge in [0.1, 0.15) is 11.5 Å². The van der Waals surface area contributed by atoms with E-state index in [2.05, 4.69) is 18.8 Å². The second kappa shape index (κ2) is 7.38. The van der Waals surface area contributed by atoms with Crippen molar-refractivity contribution >= 4 is 17.9 Å². The third kappa shape index (κ3) is 3.99. The van der Waals surface area contributed by atoms with Crippen molar-refractivity contribution in [3.8, 4) is 5.75 Å². The van der Waals surface area contributed by atoms with Crippen LogP contribution in [0.15, 0.2) is 51.7 Å². The quantitative estimate of drug-likeness (QED) is 0.580. The highest BCUT2D eigenvalue weighted by molar-refractivity contribution is 6.07. The minimum absolute atomic E-state index is 0.314. The summed E-state index contributed by atoms with van der Waals surface area (Å²) < 4.78 is 15.9. The number of methoxy groups -OCH3 is 1. The molecule has 5 heteroatoms. The Bertz CT molecular complexity index is 816. The number of hydrogen-bond acceptors (Lipinski definition) is 5. The molecule has 3 rings (SSSR count). The molecule has 5 nitrogen and oxygen atoms in total. The summed E-state index contributed by atoms with van der Waals surface area (Å²) in [4.78, 5) is 16.4. The number of aliphatic imine (C=N–C) groups is 1. The molecular formula is C20H21NO4. The van der Waals surface area contributed by atoms with Crippen molar-refractivity contribution < 1.29 is 18.7 Å². The molecule has 130 valence electrons. The summed E-state index contributed by atoms with van der Waals surface area (Å²) in [6.45, 7) is 4.20. The Morgan fingerprint density at radius 2 is 2.08 bits per heavy atom. The maximum Gasteiger partial charge on any atom is 0.363 e. The van der Waals surface area contributed by atoms with Crippen LogP contribution in [0.2, 0.25) is 0 Å². The summed E-state index contributed by atoms with van der Waals surface area (Å²) in [5.74, 6) is 2.00.